The van der Waals surface area contributed by atoms with Crippen molar-refractivity contribution in [3.63, 3.8) is 0 Å². The maximum atomic E-state index is 12.1. The molecule has 31 heavy (non-hydrogen) atoms. The van der Waals surface area contributed by atoms with Crippen LogP contribution >= 0.6 is 0 Å². The van der Waals surface area contributed by atoms with E-state index in [0.717, 1.165) is 41.8 Å². The summed E-state index contributed by atoms with van der Waals surface area (Å²) in [5.74, 6) is 0.665. The lowest BCUT2D eigenvalue weighted by Crippen LogP contribution is -2.14. The number of Topliss-reactive ketones (excluding diaryl/α,β-unsaturated/α-hetero) is 1. The molecule has 1 aliphatic rings. The number of hydrogen-bond acceptors (Lipinski definition) is 6. The molecule has 0 bridgehead atoms. The number of aromatic nitrogens is 3. The molecule has 0 spiro atoms. The van der Waals surface area contributed by atoms with Crippen LogP contribution in [0.2, 0.25) is 0 Å². The summed E-state index contributed by atoms with van der Waals surface area (Å²) in [6, 6.07) is 11.4. The number of carbonyl (C=O) groups excluding carboxylic acids is 2. The van der Waals surface area contributed by atoms with Crippen molar-refractivity contribution in [1.29, 1.82) is 0 Å². The Morgan fingerprint density at radius 2 is 1.87 bits per heavy atom. The van der Waals surface area contributed by atoms with Gasteiger partial charge in [-0.05, 0) is 43.9 Å². The molecule has 4 rings (SSSR count). The second-order valence-electron chi connectivity index (χ2n) is 7.78. The van der Waals surface area contributed by atoms with Crippen LogP contribution in [0.4, 0.5) is 17.2 Å². The van der Waals surface area contributed by atoms with Gasteiger partial charge in [0.2, 0.25) is 5.91 Å². The predicted octanol–water partition coefficient (Wildman–Crippen LogP) is 4.92. The summed E-state index contributed by atoms with van der Waals surface area (Å²) in [5, 5.41) is 6.27. The van der Waals surface area contributed by atoms with Gasteiger partial charge in [-0.1, -0.05) is 25.1 Å². The Morgan fingerprint density at radius 3 is 2.61 bits per heavy atom. The van der Waals surface area contributed by atoms with E-state index in [2.05, 4.69) is 25.6 Å². The Balaban J connectivity index is 1.58. The van der Waals surface area contributed by atoms with Gasteiger partial charge in [0.05, 0.1) is 17.6 Å². The number of ketones is 1. The smallest absolute Gasteiger partial charge is 0.228 e. The summed E-state index contributed by atoms with van der Waals surface area (Å²) in [7, 11) is 0. The molecule has 2 heterocycles. The topological polar surface area (TPSA) is 96.9 Å². The number of amides is 1. The Labute approximate surface area is 181 Å². The lowest BCUT2D eigenvalue weighted by atomic mass is 10.1. The van der Waals surface area contributed by atoms with Gasteiger partial charge in [-0.2, -0.15) is 0 Å². The molecule has 2 N–H and O–H groups in total. The second-order valence-corrected chi connectivity index (χ2v) is 7.78. The van der Waals surface area contributed by atoms with Crippen molar-refractivity contribution in [1.82, 2.24) is 15.0 Å². The number of nitrogens with one attached hydrogen (secondary N) is 2. The molecule has 7 heteroatoms. The van der Waals surface area contributed by atoms with E-state index in [-0.39, 0.29) is 17.6 Å². The van der Waals surface area contributed by atoms with Crippen molar-refractivity contribution >= 4 is 28.9 Å². The molecule has 7 nitrogen and oxygen atoms in total. The van der Waals surface area contributed by atoms with Gasteiger partial charge in [-0.25, -0.2) is 9.97 Å². The van der Waals surface area contributed by atoms with Crippen LogP contribution in [-0.4, -0.2) is 26.6 Å². The van der Waals surface area contributed by atoms with Crippen LogP contribution in [0, 0.1) is 12.8 Å². The number of aryl methyl sites for hydroxylation is 1. The van der Waals surface area contributed by atoms with Crippen molar-refractivity contribution < 1.29 is 9.59 Å². The fourth-order valence-corrected chi connectivity index (χ4v) is 3.30. The summed E-state index contributed by atoms with van der Waals surface area (Å²) in [4.78, 5) is 37.1. The van der Waals surface area contributed by atoms with Crippen molar-refractivity contribution in [3.8, 4) is 11.3 Å². The predicted molar refractivity (Wildman–Crippen MR) is 120 cm³/mol. The molecule has 158 valence electrons. The molecular formula is C24H25N5O2. The first-order valence-corrected chi connectivity index (χ1v) is 10.5. The van der Waals surface area contributed by atoms with Gasteiger partial charge < -0.3 is 10.6 Å². The summed E-state index contributed by atoms with van der Waals surface area (Å²) in [6.45, 7) is 3.93. The summed E-state index contributed by atoms with van der Waals surface area (Å²) < 4.78 is 0. The molecule has 1 aromatic carbocycles. The normalized spacial score (nSPS) is 13.0. The van der Waals surface area contributed by atoms with Gasteiger partial charge in [0.25, 0.3) is 0 Å². The van der Waals surface area contributed by atoms with Crippen LogP contribution in [0.5, 0.6) is 0 Å². The van der Waals surface area contributed by atoms with E-state index in [1.54, 1.807) is 12.3 Å². The maximum absolute atomic E-state index is 12.1. The number of hydrogen-bond donors (Lipinski definition) is 2. The van der Waals surface area contributed by atoms with E-state index in [1.807, 2.05) is 44.2 Å². The molecule has 1 saturated carbocycles. The highest BCUT2D eigenvalue weighted by atomic mass is 16.2. The van der Waals surface area contributed by atoms with E-state index in [4.69, 9.17) is 0 Å². The molecule has 0 aliphatic heterocycles. The van der Waals surface area contributed by atoms with Gasteiger partial charge in [-0.3, -0.25) is 14.6 Å². The third-order valence-corrected chi connectivity index (χ3v) is 5.21. The van der Waals surface area contributed by atoms with Crippen molar-refractivity contribution in [2.75, 3.05) is 10.6 Å². The number of para-hydroxylation sites is 1. The molecule has 3 aromatic rings. The minimum atomic E-state index is 0.00969. The van der Waals surface area contributed by atoms with Gasteiger partial charge in [0, 0.05) is 29.7 Å². The van der Waals surface area contributed by atoms with Gasteiger partial charge >= 0.3 is 0 Å². The number of benzene rings is 1. The van der Waals surface area contributed by atoms with E-state index < -0.39 is 0 Å². The van der Waals surface area contributed by atoms with Gasteiger partial charge in [0.1, 0.15) is 17.8 Å². The quantitative estimate of drug-likeness (QED) is 0.507. The van der Waals surface area contributed by atoms with Gasteiger partial charge in [0.15, 0.2) is 5.78 Å². The van der Waals surface area contributed by atoms with Crippen LogP contribution in [0.1, 0.15) is 48.7 Å². The number of carbonyl (C=O) groups is 2. The molecule has 0 radical (unpaired) electrons. The standard InChI is InChI=1S/C24H25N5O2/c1-3-6-22(30)20-11-15(2)21(13-25-20)28-18-8-5-4-7-17(18)19-12-23(27-14-26-19)29-24(31)16-9-10-16/h4-5,7-8,11-14,16,28H,3,6,9-10H2,1-2H3,(H,26,27,29,31). The highest BCUT2D eigenvalue weighted by Crippen LogP contribution is 2.32. The summed E-state index contributed by atoms with van der Waals surface area (Å²) in [6.07, 6.45) is 6.32. The Hall–Kier alpha value is -3.61. The molecule has 0 saturated heterocycles. The van der Waals surface area contributed by atoms with E-state index >= 15 is 0 Å². The number of pyridine rings is 1. The maximum Gasteiger partial charge on any atom is 0.228 e. The van der Waals surface area contributed by atoms with Crippen molar-refractivity contribution in [2.24, 2.45) is 5.92 Å². The van der Waals surface area contributed by atoms with Crippen LogP contribution in [0.25, 0.3) is 11.3 Å². The molecular weight excluding hydrogens is 390 g/mol. The van der Waals surface area contributed by atoms with E-state index in [1.165, 1.54) is 6.33 Å². The SMILES string of the molecule is CCCC(=O)c1cc(C)c(Nc2ccccc2-c2cc(NC(=O)C3CC3)ncn2)cn1. The zero-order valence-corrected chi connectivity index (χ0v) is 17.7. The number of anilines is 3. The Morgan fingerprint density at radius 1 is 1.06 bits per heavy atom. The fourth-order valence-electron chi connectivity index (χ4n) is 3.30. The van der Waals surface area contributed by atoms with Crippen LogP contribution in [0.3, 0.4) is 0 Å². The third kappa shape index (κ3) is 4.94. The van der Waals surface area contributed by atoms with Crippen molar-refractivity contribution in [2.45, 2.75) is 39.5 Å². The largest absolute Gasteiger partial charge is 0.353 e. The highest BCUT2D eigenvalue weighted by molar-refractivity contribution is 5.95. The zero-order chi connectivity index (χ0) is 21.8. The molecule has 0 unspecified atom stereocenters. The molecule has 0 atom stereocenters. The zero-order valence-electron chi connectivity index (χ0n) is 17.7. The monoisotopic (exact) mass is 415 g/mol. The first-order valence-electron chi connectivity index (χ1n) is 10.5. The van der Waals surface area contributed by atoms with Crippen LogP contribution < -0.4 is 10.6 Å². The lowest BCUT2D eigenvalue weighted by Gasteiger charge is -2.14. The lowest BCUT2D eigenvalue weighted by molar-refractivity contribution is -0.117. The van der Waals surface area contributed by atoms with E-state index in [9.17, 15) is 9.59 Å². The number of nitrogens with zero attached hydrogens (tertiary/aromatic N) is 3. The number of rotatable bonds is 8. The Kier molecular flexibility index (Phi) is 6.02. The summed E-state index contributed by atoms with van der Waals surface area (Å²) >= 11 is 0. The second kappa shape index (κ2) is 9.04. The minimum absolute atomic E-state index is 0.00969. The van der Waals surface area contributed by atoms with Crippen molar-refractivity contribution in [3.05, 3.63) is 60.2 Å². The highest BCUT2D eigenvalue weighted by Gasteiger charge is 2.29. The average molecular weight is 415 g/mol. The minimum Gasteiger partial charge on any atom is -0.353 e. The molecule has 2 aromatic heterocycles. The van der Waals surface area contributed by atoms with Crippen LogP contribution in [0.15, 0.2) is 48.9 Å². The first-order chi connectivity index (χ1) is 15.0. The van der Waals surface area contributed by atoms with Crippen LogP contribution in [-0.2, 0) is 4.79 Å². The fraction of sp³-hybridized carbons (Fsp3) is 0.292. The molecule has 1 amide bonds. The summed E-state index contributed by atoms with van der Waals surface area (Å²) in [5.41, 5.74) is 4.66. The Bertz CT molecular complexity index is 1120. The molecule has 1 aliphatic carbocycles. The first kappa shape index (κ1) is 20.7. The molecule has 1 fully saturated rings. The van der Waals surface area contributed by atoms with Gasteiger partial charge in [-0.15, -0.1) is 0 Å². The van der Waals surface area contributed by atoms with E-state index in [0.29, 0.717) is 23.6 Å². The third-order valence-electron chi connectivity index (χ3n) is 5.21. The average Bonchev–Trinajstić information content (AvgIpc) is 3.61.